The third kappa shape index (κ3) is 4.72. The van der Waals surface area contributed by atoms with Gasteiger partial charge in [0.1, 0.15) is 5.88 Å². The summed E-state index contributed by atoms with van der Waals surface area (Å²) in [7, 11) is -1.89. The van der Waals surface area contributed by atoms with E-state index >= 15 is 0 Å². The second-order valence-electron chi connectivity index (χ2n) is 3.81. The molecule has 1 N–H and O–H groups in total. The number of amides is 2. The summed E-state index contributed by atoms with van der Waals surface area (Å²) in [5.74, 6) is -0.371. The highest BCUT2D eigenvalue weighted by Gasteiger charge is 2.15. The third-order valence-electron chi connectivity index (χ3n) is 1.95. The summed E-state index contributed by atoms with van der Waals surface area (Å²) in [5.41, 5.74) is 0.367. The molecule has 0 aliphatic carbocycles. The van der Waals surface area contributed by atoms with Crippen LogP contribution >= 0.6 is 23.2 Å². The number of anilines is 1. The van der Waals surface area contributed by atoms with Gasteiger partial charge in [0.05, 0.1) is 10.7 Å². The van der Waals surface area contributed by atoms with Crippen molar-refractivity contribution < 1.29 is 13.2 Å². The Morgan fingerprint density at radius 2 is 2.00 bits per heavy atom. The normalized spacial score (nSPS) is 11.1. The number of sulfone groups is 1. The molecule has 0 aliphatic heterocycles. The molecule has 0 saturated carbocycles. The van der Waals surface area contributed by atoms with E-state index in [1.165, 1.54) is 19.2 Å². The Bertz CT molecular complexity index is 560. The van der Waals surface area contributed by atoms with Gasteiger partial charge in [-0.3, -0.25) is 0 Å². The monoisotopic (exact) mass is 310 g/mol. The van der Waals surface area contributed by atoms with Crippen LogP contribution in [0.15, 0.2) is 18.2 Å². The molecule has 1 aromatic carbocycles. The second kappa shape index (κ2) is 5.77. The van der Waals surface area contributed by atoms with E-state index in [9.17, 15) is 13.2 Å². The molecule has 8 heteroatoms. The first-order valence-corrected chi connectivity index (χ1v) is 7.65. The molecule has 0 fully saturated rings. The van der Waals surface area contributed by atoms with Gasteiger partial charge < -0.3 is 10.2 Å². The number of hydrogen-bond acceptors (Lipinski definition) is 3. The Morgan fingerprint density at radius 1 is 1.39 bits per heavy atom. The van der Waals surface area contributed by atoms with Crippen molar-refractivity contribution in [2.45, 2.75) is 0 Å². The summed E-state index contributed by atoms with van der Waals surface area (Å²) in [6, 6.07) is 4.02. The Balaban J connectivity index is 2.76. The minimum atomic E-state index is -3.27. The summed E-state index contributed by atoms with van der Waals surface area (Å²) < 4.78 is 22.1. The van der Waals surface area contributed by atoms with Gasteiger partial charge in [0.2, 0.25) is 0 Å². The number of nitrogens with zero attached hydrogens (tertiary/aromatic N) is 1. The van der Waals surface area contributed by atoms with Crippen LogP contribution < -0.4 is 5.32 Å². The molecule has 0 aromatic heterocycles. The average Bonchev–Trinajstić information content (AvgIpc) is 2.19. The highest BCUT2D eigenvalue weighted by molar-refractivity contribution is 7.90. The van der Waals surface area contributed by atoms with Crippen molar-refractivity contribution in [3.63, 3.8) is 0 Å². The Hall–Kier alpha value is -0.980. The number of halogens is 2. The van der Waals surface area contributed by atoms with Gasteiger partial charge in [0.25, 0.3) is 0 Å². The van der Waals surface area contributed by atoms with Crippen LogP contribution in [0, 0.1) is 0 Å². The highest BCUT2D eigenvalue weighted by Crippen LogP contribution is 2.25. The molecule has 0 atom stereocenters. The largest absolute Gasteiger partial charge is 0.322 e. The predicted molar refractivity (Wildman–Crippen MR) is 73.0 cm³/mol. The molecule has 2 amide bonds. The maximum Gasteiger partial charge on any atom is 0.322 e. The van der Waals surface area contributed by atoms with E-state index in [2.05, 4.69) is 5.32 Å². The van der Waals surface area contributed by atoms with Crippen LogP contribution in [0.4, 0.5) is 10.5 Å². The lowest BCUT2D eigenvalue weighted by molar-refractivity contribution is 0.228. The van der Waals surface area contributed by atoms with Gasteiger partial charge in [-0.2, -0.15) is 0 Å². The molecule has 0 aliphatic rings. The van der Waals surface area contributed by atoms with Crippen LogP contribution in [0.1, 0.15) is 0 Å². The zero-order valence-corrected chi connectivity index (χ0v) is 12.1. The van der Waals surface area contributed by atoms with Gasteiger partial charge in [-0.05, 0) is 18.2 Å². The molecule has 0 radical (unpaired) electrons. The van der Waals surface area contributed by atoms with Crippen molar-refractivity contribution in [2.24, 2.45) is 0 Å². The Kier molecular flexibility index (Phi) is 4.84. The van der Waals surface area contributed by atoms with Crippen LogP contribution in [-0.2, 0) is 9.84 Å². The molecule has 18 heavy (non-hydrogen) atoms. The number of nitrogens with one attached hydrogen (secondary N) is 1. The van der Waals surface area contributed by atoms with E-state index in [0.717, 1.165) is 11.2 Å². The fourth-order valence-electron chi connectivity index (χ4n) is 1.21. The molecule has 1 aromatic rings. The number of carbonyl (C=O) groups is 1. The van der Waals surface area contributed by atoms with E-state index < -0.39 is 15.9 Å². The smallest absolute Gasteiger partial charge is 0.313 e. The second-order valence-corrected chi connectivity index (χ2v) is 6.76. The number of urea groups is 1. The molecule has 1 rings (SSSR count). The standard InChI is InChI=1S/C10H12Cl2N2O3S/c1-14(6-18(2,16)17)10(15)13-9-4-3-7(11)5-8(9)12/h3-5H,6H2,1-2H3,(H,13,15). The van der Waals surface area contributed by atoms with Crippen molar-refractivity contribution in [2.75, 3.05) is 24.5 Å². The van der Waals surface area contributed by atoms with Crippen molar-refractivity contribution >= 4 is 44.8 Å². The van der Waals surface area contributed by atoms with Crippen molar-refractivity contribution in [1.82, 2.24) is 4.90 Å². The van der Waals surface area contributed by atoms with E-state index in [1.807, 2.05) is 0 Å². The number of hydrogen-bond donors (Lipinski definition) is 1. The number of carbonyl (C=O) groups excluding carboxylic acids is 1. The van der Waals surface area contributed by atoms with Gasteiger partial charge in [0, 0.05) is 18.3 Å². The zero-order chi connectivity index (χ0) is 13.9. The number of rotatable bonds is 3. The molecule has 0 spiro atoms. The van der Waals surface area contributed by atoms with Gasteiger partial charge in [-0.1, -0.05) is 23.2 Å². The fourth-order valence-corrected chi connectivity index (χ4v) is 2.49. The fraction of sp³-hybridized carbons (Fsp3) is 0.300. The minimum Gasteiger partial charge on any atom is -0.313 e. The molecular weight excluding hydrogens is 299 g/mol. The van der Waals surface area contributed by atoms with Crippen LogP contribution in [0.25, 0.3) is 0 Å². The Morgan fingerprint density at radius 3 is 2.50 bits per heavy atom. The van der Waals surface area contributed by atoms with Crippen LogP contribution in [0.5, 0.6) is 0 Å². The van der Waals surface area contributed by atoms with E-state index in [-0.39, 0.29) is 10.9 Å². The average molecular weight is 311 g/mol. The summed E-state index contributed by atoms with van der Waals surface area (Å²) >= 11 is 11.6. The Labute approximate surface area is 116 Å². The minimum absolute atomic E-state index is 0.281. The maximum absolute atomic E-state index is 11.7. The summed E-state index contributed by atoms with van der Waals surface area (Å²) in [6.07, 6.45) is 1.05. The molecule has 100 valence electrons. The molecule has 0 heterocycles. The van der Waals surface area contributed by atoms with Crippen LogP contribution in [0.2, 0.25) is 10.0 Å². The molecule has 0 saturated heterocycles. The van der Waals surface area contributed by atoms with E-state index in [1.54, 1.807) is 6.07 Å². The molecule has 0 unspecified atom stereocenters. The van der Waals surface area contributed by atoms with Crippen molar-refractivity contribution in [1.29, 1.82) is 0 Å². The molecule has 5 nitrogen and oxygen atoms in total. The predicted octanol–water partition coefficient (Wildman–Crippen LogP) is 2.46. The lowest BCUT2D eigenvalue weighted by Gasteiger charge is -2.17. The summed E-state index contributed by atoms with van der Waals surface area (Å²) in [6.45, 7) is 0. The van der Waals surface area contributed by atoms with Gasteiger partial charge in [0.15, 0.2) is 9.84 Å². The lowest BCUT2D eigenvalue weighted by Crippen LogP contribution is -2.35. The summed E-state index contributed by atoms with van der Waals surface area (Å²) in [5, 5.41) is 3.22. The molecule has 0 bridgehead atoms. The van der Waals surface area contributed by atoms with E-state index in [4.69, 9.17) is 23.2 Å². The number of benzene rings is 1. The lowest BCUT2D eigenvalue weighted by atomic mass is 10.3. The zero-order valence-electron chi connectivity index (χ0n) is 9.78. The first-order valence-electron chi connectivity index (χ1n) is 4.84. The van der Waals surface area contributed by atoms with Crippen LogP contribution in [-0.4, -0.2) is 38.5 Å². The van der Waals surface area contributed by atoms with Gasteiger partial charge in [-0.25, -0.2) is 13.2 Å². The van der Waals surface area contributed by atoms with Crippen molar-refractivity contribution in [3.8, 4) is 0 Å². The maximum atomic E-state index is 11.7. The molecular formula is C10H12Cl2N2O3S. The first-order chi connectivity index (χ1) is 8.19. The third-order valence-corrected chi connectivity index (χ3v) is 3.35. The van der Waals surface area contributed by atoms with E-state index in [0.29, 0.717) is 10.7 Å². The SMILES string of the molecule is CN(CS(C)(=O)=O)C(=O)Nc1ccc(Cl)cc1Cl. The highest BCUT2D eigenvalue weighted by atomic mass is 35.5. The van der Waals surface area contributed by atoms with Gasteiger partial charge in [-0.15, -0.1) is 0 Å². The quantitative estimate of drug-likeness (QED) is 0.932. The first kappa shape index (κ1) is 15.1. The topological polar surface area (TPSA) is 66.5 Å². The summed E-state index contributed by atoms with van der Waals surface area (Å²) in [4.78, 5) is 12.7. The van der Waals surface area contributed by atoms with Gasteiger partial charge >= 0.3 is 6.03 Å². The van der Waals surface area contributed by atoms with Crippen LogP contribution in [0.3, 0.4) is 0 Å². The van der Waals surface area contributed by atoms with Crippen molar-refractivity contribution in [3.05, 3.63) is 28.2 Å².